The van der Waals surface area contributed by atoms with Crippen LogP contribution in [0.2, 0.25) is 0 Å². The van der Waals surface area contributed by atoms with Crippen molar-refractivity contribution in [3.8, 4) is 0 Å². The van der Waals surface area contributed by atoms with Gasteiger partial charge in [0, 0.05) is 12.0 Å². The fourth-order valence-electron chi connectivity index (χ4n) is 2.74. The lowest BCUT2D eigenvalue weighted by Gasteiger charge is -2.06. The summed E-state index contributed by atoms with van der Waals surface area (Å²) in [7, 11) is 0. The lowest BCUT2D eigenvalue weighted by Crippen LogP contribution is -2.01. The topological polar surface area (TPSA) is 17.1 Å². The van der Waals surface area contributed by atoms with Gasteiger partial charge >= 0.3 is 0 Å². The summed E-state index contributed by atoms with van der Waals surface area (Å²) < 4.78 is 13.9. The molecule has 0 saturated carbocycles. The van der Waals surface area contributed by atoms with Crippen molar-refractivity contribution in [2.24, 2.45) is 0 Å². The highest BCUT2D eigenvalue weighted by Crippen LogP contribution is 2.15. The van der Waals surface area contributed by atoms with Gasteiger partial charge in [0.15, 0.2) is 5.78 Å². The highest BCUT2D eigenvalue weighted by atomic mass is 19.1. The normalized spacial score (nSPS) is 10.7. The molecule has 0 radical (unpaired) electrons. The number of aryl methyl sites for hydroxylation is 3. The molecule has 0 unspecified atom stereocenters. The number of hydrogen-bond acceptors (Lipinski definition) is 1. The molecular weight excluding hydrogens is 287 g/mol. The molecule has 0 atom stereocenters. The first kappa shape index (κ1) is 17.4. The molecule has 2 aromatic carbocycles. The third kappa shape index (κ3) is 5.02. The highest BCUT2D eigenvalue weighted by Gasteiger charge is 2.08. The molecule has 0 aromatic heterocycles. The van der Waals surface area contributed by atoms with Gasteiger partial charge in [0.2, 0.25) is 0 Å². The predicted molar refractivity (Wildman–Crippen MR) is 93.5 cm³/mol. The van der Waals surface area contributed by atoms with Crippen LogP contribution >= 0.6 is 0 Å². The quantitative estimate of drug-likeness (QED) is 0.584. The van der Waals surface area contributed by atoms with Crippen LogP contribution in [0.5, 0.6) is 0 Å². The van der Waals surface area contributed by atoms with E-state index in [1.165, 1.54) is 5.56 Å². The van der Waals surface area contributed by atoms with Crippen molar-refractivity contribution >= 4 is 5.78 Å². The van der Waals surface area contributed by atoms with Crippen LogP contribution in [0.25, 0.3) is 0 Å². The van der Waals surface area contributed by atoms with Crippen LogP contribution in [0.15, 0.2) is 42.5 Å². The van der Waals surface area contributed by atoms with E-state index in [0.29, 0.717) is 24.8 Å². The molecule has 2 rings (SSSR count). The van der Waals surface area contributed by atoms with Gasteiger partial charge in [0.1, 0.15) is 5.82 Å². The minimum Gasteiger partial charge on any atom is -0.294 e. The smallest absolute Gasteiger partial charge is 0.162 e. The van der Waals surface area contributed by atoms with E-state index < -0.39 is 0 Å². The Morgan fingerprint density at radius 2 is 1.65 bits per heavy atom. The van der Waals surface area contributed by atoms with Crippen LogP contribution in [-0.2, 0) is 19.3 Å². The van der Waals surface area contributed by atoms with E-state index in [9.17, 15) is 9.18 Å². The second-order valence-corrected chi connectivity index (χ2v) is 6.00. The summed E-state index contributed by atoms with van der Waals surface area (Å²) in [4.78, 5) is 12.2. The average molecular weight is 312 g/mol. The van der Waals surface area contributed by atoms with Gasteiger partial charge in [-0.3, -0.25) is 4.79 Å². The molecule has 0 spiro atoms. The summed E-state index contributed by atoms with van der Waals surface area (Å²) in [5.74, 6) is -0.0145. The van der Waals surface area contributed by atoms with Crippen LogP contribution in [0.3, 0.4) is 0 Å². The van der Waals surface area contributed by atoms with Crippen molar-refractivity contribution in [1.29, 1.82) is 0 Å². The molecule has 0 heterocycles. The number of carbonyl (C=O) groups excluding carboxylic acids is 1. The van der Waals surface area contributed by atoms with Crippen molar-refractivity contribution in [3.63, 3.8) is 0 Å². The molecule has 0 saturated heterocycles. The Kier molecular flexibility index (Phi) is 6.52. The van der Waals surface area contributed by atoms with Crippen LogP contribution in [0.1, 0.15) is 60.2 Å². The van der Waals surface area contributed by atoms with E-state index >= 15 is 0 Å². The van der Waals surface area contributed by atoms with E-state index in [-0.39, 0.29) is 11.6 Å². The van der Waals surface area contributed by atoms with Crippen LogP contribution in [0, 0.1) is 5.82 Å². The van der Waals surface area contributed by atoms with Gasteiger partial charge < -0.3 is 0 Å². The zero-order chi connectivity index (χ0) is 16.7. The fraction of sp³-hybridized carbons (Fsp3) is 0.381. The average Bonchev–Trinajstić information content (AvgIpc) is 2.57. The monoisotopic (exact) mass is 312 g/mol. The number of Topliss-reactive ketones (excluding diaryl/α,β-unsaturated/α-hetero) is 1. The number of hydrogen-bond donors (Lipinski definition) is 0. The van der Waals surface area contributed by atoms with Gasteiger partial charge in [-0.15, -0.1) is 0 Å². The molecule has 2 heteroatoms. The van der Waals surface area contributed by atoms with Gasteiger partial charge in [0.25, 0.3) is 0 Å². The molecule has 122 valence electrons. The zero-order valence-corrected chi connectivity index (χ0v) is 14.1. The molecule has 0 aliphatic rings. The largest absolute Gasteiger partial charge is 0.294 e. The number of carbonyl (C=O) groups is 1. The Labute approximate surface area is 138 Å². The minimum atomic E-state index is -0.152. The van der Waals surface area contributed by atoms with Crippen LogP contribution in [-0.4, -0.2) is 5.78 Å². The lowest BCUT2D eigenvalue weighted by molar-refractivity contribution is 0.0980. The van der Waals surface area contributed by atoms with E-state index in [1.54, 1.807) is 6.07 Å². The summed E-state index contributed by atoms with van der Waals surface area (Å²) in [5, 5.41) is 0. The van der Waals surface area contributed by atoms with Gasteiger partial charge in [-0.2, -0.15) is 0 Å². The predicted octanol–water partition coefficient (Wildman–Crippen LogP) is 5.55. The molecule has 0 N–H and O–H groups in total. The lowest BCUT2D eigenvalue weighted by atomic mass is 10.00. The first-order valence-electron chi connectivity index (χ1n) is 8.53. The van der Waals surface area contributed by atoms with Crippen LogP contribution < -0.4 is 0 Å². The Morgan fingerprint density at radius 3 is 2.26 bits per heavy atom. The number of rotatable bonds is 8. The Bertz CT molecular complexity index is 643. The van der Waals surface area contributed by atoms with Crippen molar-refractivity contribution in [2.75, 3.05) is 0 Å². The van der Waals surface area contributed by atoms with E-state index in [0.717, 1.165) is 30.4 Å². The molecule has 2 aromatic rings. The summed E-state index contributed by atoms with van der Waals surface area (Å²) >= 11 is 0. The molecular formula is C21H25FO. The van der Waals surface area contributed by atoms with Gasteiger partial charge in [-0.05, 0) is 48.4 Å². The maximum absolute atomic E-state index is 13.9. The second-order valence-electron chi connectivity index (χ2n) is 6.00. The zero-order valence-electron chi connectivity index (χ0n) is 14.1. The molecule has 0 bridgehead atoms. The number of benzene rings is 2. The first-order valence-corrected chi connectivity index (χ1v) is 8.53. The molecule has 0 aliphatic heterocycles. The van der Waals surface area contributed by atoms with Gasteiger partial charge in [-0.1, -0.05) is 56.7 Å². The van der Waals surface area contributed by atoms with Crippen molar-refractivity contribution in [3.05, 3.63) is 70.5 Å². The minimum absolute atomic E-state index is 0.138. The molecule has 0 amide bonds. The summed E-state index contributed by atoms with van der Waals surface area (Å²) in [6.45, 7) is 4.16. The molecule has 0 aliphatic carbocycles. The summed E-state index contributed by atoms with van der Waals surface area (Å²) in [6.07, 6.45) is 4.73. The maximum atomic E-state index is 13.9. The van der Waals surface area contributed by atoms with Gasteiger partial charge in [-0.25, -0.2) is 4.39 Å². The van der Waals surface area contributed by atoms with Crippen molar-refractivity contribution in [2.45, 2.75) is 52.4 Å². The number of halogens is 1. The second kappa shape index (κ2) is 8.61. The third-order valence-corrected chi connectivity index (χ3v) is 4.19. The van der Waals surface area contributed by atoms with E-state index in [1.807, 2.05) is 43.3 Å². The first-order chi connectivity index (χ1) is 11.1. The SMILES string of the molecule is CCCc1ccc(C(=O)CCCc2ccc(CC)cc2F)cc1. The van der Waals surface area contributed by atoms with Crippen molar-refractivity contribution in [1.82, 2.24) is 0 Å². The highest BCUT2D eigenvalue weighted by molar-refractivity contribution is 5.96. The van der Waals surface area contributed by atoms with E-state index in [4.69, 9.17) is 0 Å². The maximum Gasteiger partial charge on any atom is 0.162 e. The van der Waals surface area contributed by atoms with Crippen LogP contribution in [0.4, 0.5) is 4.39 Å². The Hall–Kier alpha value is -1.96. The Morgan fingerprint density at radius 1 is 0.957 bits per heavy atom. The Balaban J connectivity index is 1.87. The van der Waals surface area contributed by atoms with Crippen molar-refractivity contribution < 1.29 is 9.18 Å². The fourth-order valence-corrected chi connectivity index (χ4v) is 2.74. The standard InChI is InChI=1S/C21H25FO/c1-3-6-17-10-13-19(14-11-17)21(23)8-5-7-18-12-9-16(4-2)15-20(18)22/h9-15H,3-8H2,1-2H3. The molecule has 1 nitrogen and oxygen atoms in total. The summed E-state index contributed by atoms with van der Waals surface area (Å²) in [5.41, 5.74) is 3.73. The van der Waals surface area contributed by atoms with Gasteiger partial charge in [0.05, 0.1) is 0 Å². The third-order valence-electron chi connectivity index (χ3n) is 4.19. The summed E-state index contributed by atoms with van der Waals surface area (Å²) in [6, 6.07) is 13.3. The number of ketones is 1. The molecule has 23 heavy (non-hydrogen) atoms. The van der Waals surface area contributed by atoms with E-state index in [2.05, 4.69) is 6.92 Å². The molecule has 0 fully saturated rings.